The number of rotatable bonds is 9. The maximum absolute atomic E-state index is 13.2. The van der Waals surface area contributed by atoms with Crippen molar-refractivity contribution in [2.24, 2.45) is 0 Å². The topological polar surface area (TPSA) is 90.0 Å². The molecule has 0 atom stereocenters. The third-order valence-electron chi connectivity index (χ3n) is 4.85. The molecule has 3 aromatic rings. The minimum absolute atomic E-state index is 0.183. The number of Topliss-reactive ketones (excluding diaryl/α,β-unsaturated/α-hetero) is 1. The van der Waals surface area contributed by atoms with Crippen LogP contribution < -0.4 is 9.04 Å². The fraction of sp³-hybridized carbons (Fsp3) is 0.167. The van der Waals surface area contributed by atoms with E-state index in [0.717, 1.165) is 4.31 Å². The number of para-hydroxylation sites is 1. The summed E-state index contributed by atoms with van der Waals surface area (Å²) in [6, 6.07) is 17.7. The van der Waals surface area contributed by atoms with E-state index in [9.17, 15) is 26.8 Å². The lowest BCUT2D eigenvalue weighted by atomic mass is 10.1. The van der Waals surface area contributed by atoms with Crippen molar-refractivity contribution >= 4 is 27.5 Å². The Kier molecular flexibility index (Phi) is 7.62. The van der Waals surface area contributed by atoms with E-state index in [1.165, 1.54) is 49.5 Å². The fourth-order valence-electron chi connectivity index (χ4n) is 3.13. The highest BCUT2D eigenvalue weighted by atomic mass is 32.2. The van der Waals surface area contributed by atoms with Gasteiger partial charge in [-0.15, -0.1) is 0 Å². The van der Waals surface area contributed by atoms with Crippen LogP contribution in [0.2, 0.25) is 0 Å². The Morgan fingerprint density at radius 1 is 0.941 bits per heavy atom. The molecule has 0 saturated carbocycles. The van der Waals surface area contributed by atoms with Crippen LogP contribution in [0.1, 0.15) is 26.3 Å². The van der Waals surface area contributed by atoms with Gasteiger partial charge >= 0.3 is 12.6 Å². The number of halogens is 2. The first-order valence-corrected chi connectivity index (χ1v) is 11.4. The van der Waals surface area contributed by atoms with E-state index in [4.69, 9.17) is 4.74 Å². The summed E-state index contributed by atoms with van der Waals surface area (Å²) in [5, 5.41) is 0. The van der Waals surface area contributed by atoms with Gasteiger partial charge in [-0.3, -0.25) is 9.10 Å². The number of aryl methyl sites for hydroxylation is 1. The van der Waals surface area contributed by atoms with Crippen LogP contribution in [-0.2, 0) is 14.8 Å². The van der Waals surface area contributed by atoms with Gasteiger partial charge in [0.05, 0.1) is 16.8 Å². The van der Waals surface area contributed by atoms with Gasteiger partial charge in [-0.1, -0.05) is 42.0 Å². The molecular formula is C24H21F2NO6S. The van der Waals surface area contributed by atoms with Gasteiger partial charge in [0, 0.05) is 7.05 Å². The highest BCUT2D eigenvalue weighted by molar-refractivity contribution is 7.92. The smallest absolute Gasteiger partial charge is 0.387 e. The molecule has 0 aliphatic heterocycles. The lowest BCUT2D eigenvalue weighted by Crippen LogP contribution is -2.28. The van der Waals surface area contributed by atoms with E-state index in [0.29, 0.717) is 11.3 Å². The molecular weight excluding hydrogens is 468 g/mol. The maximum Gasteiger partial charge on any atom is 0.387 e. The van der Waals surface area contributed by atoms with E-state index >= 15 is 0 Å². The van der Waals surface area contributed by atoms with Crippen LogP contribution in [0.15, 0.2) is 77.7 Å². The van der Waals surface area contributed by atoms with Crippen LogP contribution in [0, 0.1) is 6.92 Å². The first-order chi connectivity index (χ1) is 16.1. The van der Waals surface area contributed by atoms with Gasteiger partial charge in [-0.2, -0.15) is 8.78 Å². The van der Waals surface area contributed by atoms with Crippen molar-refractivity contribution in [2.75, 3.05) is 18.0 Å². The Bertz CT molecular complexity index is 1300. The largest absolute Gasteiger partial charge is 0.454 e. The van der Waals surface area contributed by atoms with Crippen molar-refractivity contribution in [2.45, 2.75) is 18.4 Å². The monoisotopic (exact) mass is 489 g/mol. The third-order valence-corrected chi connectivity index (χ3v) is 6.69. The minimum atomic E-state index is -4.14. The summed E-state index contributed by atoms with van der Waals surface area (Å²) in [4.78, 5) is 25.0. The molecule has 0 heterocycles. The average molecular weight is 489 g/mol. The van der Waals surface area contributed by atoms with Gasteiger partial charge in [0.1, 0.15) is 10.6 Å². The summed E-state index contributed by atoms with van der Waals surface area (Å²) < 4.78 is 62.1. The van der Waals surface area contributed by atoms with Crippen molar-refractivity contribution in [3.8, 4) is 5.75 Å². The number of carbonyl (C=O) groups excluding carboxylic acids is 2. The van der Waals surface area contributed by atoms with Gasteiger partial charge < -0.3 is 9.47 Å². The number of hydrogen-bond acceptors (Lipinski definition) is 6. The summed E-state index contributed by atoms with van der Waals surface area (Å²) in [6.45, 7) is -2.29. The zero-order chi connectivity index (χ0) is 24.9. The zero-order valence-electron chi connectivity index (χ0n) is 18.3. The molecule has 10 heteroatoms. The number of anilines is 1. The van der Waals surface area contributed by atoms with E-state index in [1.54, 1.807) is 37.3 Å². The lowest BCUT2D eigenvalue weighted by Gasteiger charge is -2.20. The lowest BCUT2D eigenvalue weighted by molar-refractivity contribution is -0.0502. The Morgan fingerprint density at radius 2 is 1.59 bits per heavy atom. The van der Waals surface area contributed by atoms with Crippen LogP contribution in [0.25, 0.3) is 0 Å². The predicted molar refractivity (Wildman–Crippen MR) is 121 cm³/mol. The molecule has 7 nitrogen and oxygen atoms in total. The number of nitrogens with zero attached hydrogens (tertiary/aromatic N) is 1. The Hall–Kier alpha value is -3.79. The molecule has 34 heavy (non-hydrogen) atoms. The van der Waals surface area contributed by atoms with Crippen LogP contribution in [0.4, 0.5) is 14.5 Å². The highest BCUT2D eigenvalue weighted by Crippen LogP contribution is 2.26. The van der Waals surface area contributed by atoms with Crippen molar-refractivity contribution < 1.29 is 36.3 Å². The number of ketones is 1. The molecule has 0 saturated heterocycles. The molecule has 0 fully saturated rings. The molecule has 3 rings (SSSR count). The minimum Gasteiger partial charge on any atom is -0.454 e. The van der Waals surface area contributed by atoms with Gasteiger partial charge in [0.25, 0.3) is 10.0 Å². The first kappa shape index (κ1) is 24.8. The molecule has 0 aromatic heterocycles. The molecule has 0 amide bonds. The van der Waals surface area contributed by atoms with E-state index in [-0.39, 0.29) is 21.8 Å². The second-order valence-electron chi connectivity index (χ2n) is 7.18. The van der Waals surface area contributed by atoms with Gasteiger partial charge in [-0.25, -0.2) is 13.2 Å². The molecule has 0 N–H and O–H groups in total. The summed E-state index contributed by atoms with van der Waals surface area (Å²) in [6.07, 6.45) is 0. The Morgan fingerprint density at radius 3 is 2.26 bits per heavy atom. The molecule has 0 radical (unpaired) electrons. The van der Waals surface area contributed by atoms with Crippen molar-refractivity contribution in [3.63, 3.8) is 0 Å². The molecule has 3 aromatic carbocycles. The number of sulfonamides is 1. The Labute approximate surface area is 195 Å². The molecule has 0 unspecified atom stereocenters. The summed E-state index contributed by atoms with van der Waals surface area (Å²) in [7, 11) is -2.79. The number of esters is 1. The second-order valence-corrected chi connectivity index (χ2v) is 9.12. The number of hydrogen-bond donors (Lipinski definition) is 0. The Balaban J connectivity index is 1.83. The van der Waals surface area contributed by atoms with Crippen molar-refractivity contribution in [1.82, 2.24) is 0 Å². The predicted octanol–water partition coefficient (Wildman–Crippen LogP) is 4.46. The molecule has 0 spiro atoms. The van der Waals surface area contributed by atoms with E-state index in [2.05, 4.69) is 4.74 Å². The zero-order valence-corrected chi connectivity index (χ0v) is 19.1. The molecule has 0 aliphatic carbocycles. The van der Waals surface area contributed by atoms with Crippen molar-refractivity contribution in [3.05, 3.63) is 89.5 Å². The van der Waals surface area contributed by atoms with Crippen LogP contribution in [0.5, 0.6) is 5.75 Å². The maximum atomic E-state index is 13.2. The number of ether oxygens (including phenoxy) is 2. The molecule has 0 aliphatic rings. The van der Waals surface area contributed by atoms with Crippen LogP contribution in [0.3, 0.4) is 0 Å². The summed E-state index contributed by atoms with van der Waals surface area (Å²) in [5.41, 5.74) is 0.535. The summed E-state index contributed by atoms with van der Waals surface area (Å²) >= 11 is 0. The van der Waals surface area contributed by atoms with Gasteiger partial charge in [-0.05, 0) is 43.3 Å². The number of benzene rings is 3. The number of carbonyl (C=O) groups is 2. The van der Waals surface area contributed by atoms with Crippen LogP contribution >= 0.6 is 0 Å². The van der Waals surface area contributed by atoms with E-state index in [1.807, 2.05) is 0 Å². The second kappa shape index (κ2) is 10.4. The van der Waals surface area contributed by atoms with Crippen LogP contribution in [-0.4, -0.2) is 40.4 Å². The fourth-order valence-corrected chi connectivity index (χ4v) is 4.51. The van der Waals surface area contributed by atoms with Crippen molar-refractivity contribution in [1.29, 1.82) is 0 Å². The third kappa shape index (κ3) is 5.57. The normalized spacial score (nSPS) is 11.2. The standard InChI is InChI=1S/C24H21F2NO6S/c1-16-12-13-21(33-24(25)26)19(14-16)20(28)15-32-23(29)18-10-6-7-11-22(18)34(30,31)27(2)17-8-4-3-5-9-17/h3-14,24H,15H2,1-2H3. The van der Waals surface area contributed by atoms with Gasteiger partial charge in [0.2, 0.25) is 5.78 Å². The highest BCUT2D eigenvalue weighted by Gasteiger charge is 2.28. The quantitative estimate of drug-likeness (QED) is 0.326. The van der Waals surface area contributed by atoms with E-state index < -0.39 is 35.0 Å². The molecule has 0 bridgehead atoms. The first-order valence-electron chi connectivity index (χ1n) is 10.00. The average Bonchev–Trinajstić information content (AvgIpc) is 2.83. The number of alkyl halides is 2. The summed E-state index contributed by atoms with van der Waals surface area (Å²) in [5.74, 6) is -2.19. The SMILES string of the molecule is Cc1ccc(OC(F)F)c(C(=O)COC(=O)c2ccccc2S(=O)(=O)N(C)c2ccccc2)c1. The molecule has 178 valence electrons. The van der Waals surface area contributed by atoms with Gasteiger partial charge in [0.15, 0.2) is 6.61 Å².